The fourth-order valence-electron chi connectivity index (χ4n) is 6.89. The van der Waals surface area contributed by atoms with Crippen molar-refractivity contribution in [2.24, 2.45) is 17.8 Å². The number of amides is 1. The van der Waals surface area contributed by atoms with Crippen LogP contribution in [0.4, 0.5) is 13.2 Å². The molecule has 6 nitrogen and oxygen atoms in total. The van der Waals surface area contributed by atoms with E-state index in [4.69, 9.17) is 0 Å². The maximum absolute atomic E-state index is 14.6. The standard InChI is InChI=1S/C28H31F3N4O2/c1-15(21-3-2-4-22(24(21)29)25(30)31)34-27(36)19-10-23(26-32-14-33-35(26)13-19)17-7-5-16(6-8-17)18-9-20-12-28(20,37)11-18/h2-4,10,13-18,20,25,37H,5-9,11-12H2,1H3,(H,34,36)/t15-,16?,17?,18?,20?,28-/m1/s1. The molecule has 3 aliphatic rings. The van der Waals surface area contributed by atoms with Gasteiger partial charge in [0.1, 0.15) is 12.1 Å². The number of carbonyl (C=O) groups is 1. The van der Waals surface area contributed by atoms with Crippen molar-refractivity contribution in [2.45, 2.75) is 75.9 Å². The zero-order valence-electron chi connectivity index (χ0n) is 20.7. The van der Waals surface area contributed by atoms with Crippen LogP contribution in [0.1, 0.15) is 97.3 Å². The zero-order chi connectivity index (χ0) is 25.9. The van der Waals surface area contributed by atoms with E-state index >= 15 is 0 Å². The smallest absolute Gasteiger partial charge is 0.266 e. The Morgan fingerprint density at radius 1 is 1.16 bits per heavy atom. The van der Waals surface area contributed by atoms with E-state index in [1.54, 1.807) is 17.6 Å². The van der Waals surface area contributed by atoms with Crippen LogP contribution < -0.4 is 5.32 Å². The Hall–Kier alpha value is -2.94. The molecule has 3 aromatic rings. The van der Waals surface area contributed by atoms with Gasteiger partial charge in [-0.3, -0.25) is 4.79 Å². The monoisotopic (exact) mass is 512 g/mol. The van der Waals surface area contributed by atoms with Crippen molar-refractivity contribution in [3.63, 3.8) is 0 Å². The summed E-state index contributed by atoms with van der Waals surface area (Å²) in [6, 6.07) is 4.87. The fraction of sp³-hybridized carbons (Fsp3) is 0.536. The van der Waals surface area contributed by atoms with Crippen LogP contribution in [-0.4, -0.2) is 31.2 Å². The molecule has 2 aromatic heterocycles. The molecule has 2 unspecified atom stereocenters. The third kappa shape index (κ3) is 4.41. The molecular formula is C28H31F3N4O2. The number of benzene rings is 1. The Bertz CT molecular complexity index is 1340. The van der Waals surface area contributed by atoms with Crippen LogP contribution in [-0.2, 0) is 0 Å². The summed E-state index contributed by atoms with van der Waals surface area (Å²) in [6.07, 6.45) is 7.34. The Morgan fingerprint density at radius 3 is 2.62 bits per heavy atom. The number of fused-ring (bicyclic) bond motifs is 2. The van der Waals surface area contributed by atoms with Crippen molar-refractivity contribution in [1.82, 2.24) is 19.9 Å². The van der Waals surface area contributed by atoms with Gasteiger partial charge in [0.25, 0.3) is 12.3 Å². The first kappa shape index (κ1) is 24.4. The number of halogens is 3. The van der Waals surface area contributed by atoms with E-state index in [1.807, 2.05) is 6.07 Å². The highest BCUT2D eigenvalue weighted by Gasteiger charge is 2.60. The van der Waals surface area contributed by atoms with E-state index in [-0.39, 0.29) is 17.1 Å². The highest BCUT2D eigenvalue weighted by Crippen LogP contribution is 2.61. The summed E-state index contributed by atoms with van der Waals surface area (Å²) in [4.78, 5) is 17.6. The van der Waals surface area contributed by atoms with Gasteiger partial charge in [0.2, 0.25) is 0 Å². The first-order valence-electron chi connectivity index (χ1n) is 13.2. The number of pyridine rings is 1. The molecular weight excluding hydrogens is 481 g/mol. The maximum atomic E-state index is 14.6. The second-order valence-electron chi connectivity index (χ2n) is 11.3. The van der Waals surface area contributed by atoms with Gasteiger partial charge in [-0.1, -0.05) is 18.2 Å². The fourth-order valence-corrected chi connectivity index (χ4v) is 6.89. The number of aliphatic hydroxyl groups is 1. The van der Waals surface area contributed by atoms with Gasteiger partial charge in [-0.15, -0.1) is 0 Å². The molecule has 3 saturated carbocycles. The molecule has 1 aromatic carbocycles. The molecule has 0 spiro atoms. The number of rotatable bonds is 6. The molecule has 0 aliphatic heterocycles. The lowest BCUT2D eigenvalue weighted by Gasteiger charge is -2.33. The van der Waals surface area contributed by atoms with Crippen molar-refractivity contribution in [1.29, 1.82) is 0 Å². The van der Waals surface area contributed by atoms with Crippen LogP contribution in [0, 0.1) is 23.6 Å². The highest BCUT2D eigenvalue weighted by molar-refractivity contribution is 5.94. The number of hydrogen-bond acceptors (Lipinski definition) is 4. The van der Waals surface area contributed by atoms with E-state index in [9.17, 15) is 23.1 Å². The minimum atomic E-state index is -2.93. The Balaban J connectivity index is 1.18. The number of nitrogens with zero attached hydrogens (tertiary/aromatic N) is 3. The van der Waals surface area contributed by atoms with Crippen LogP contribution in [0.2, 0.25) is 0 Å². The summed E-state index contributed by atoms with van der Waals surface area (Å²) in [5, 5.41) is 17.5. The second kappa shape index (κ2) is 9.11. The summed E-state index contributed by atoms with van der Waals surface area (Å²) >= 11 is 0. The van der Waals surface area contributed by atoms with Crippen LogP contribution in [0.25, 0.3) is 5.65 Å². The molecule has 37 heavy (non-hydrogen) atoms. The molecule has 6 rings (SSSR count). The van der Waals surface area contributed by atoms with Gasteiger partial charge in [-0.2, -0.15) is 5.10 Å². The molecule has 2 N–H and O–H groups in total. The molecule has 4 atom stereocenters. The molecule has 3 aliphatic carbocycles. The molecule has 0 saturated heterocycles. The molecule has 2 heterocycles. The Labute approximate surface area is 213 Å². The van der Waals surface area contributed by atoms with Crippen LogP contribution >= 0.6 is 0 Å². The van der Waals surface area contributed by atoms with Crippen LogP contribution in [0.5, 0.6) is 0 Å². The van der Waals surface area contributed by atoms with Crippen molar-refractivity contribution in [2.75, 3.05) is 0 Å². The molecule has 196 valence electrons. The van der Waals surface area contributed by atoms with E-state index < -0.39 is 29.8 Å². The van der Waals surface area contributed by atoms with Gasteiger partial charge < -0.3 is 10.4 Å². The summed E-state index contributed by atoms with van der Waals surface area (Å²) in [5.41, 5.74) is 1.02. The average molecular weight is 513 g/mol. The lowest BCUT2D eigenvalue weighted by atomic mass is 9.72. The first-order valence-corrected chi connectivity index (χ1v) is 13.2. The molecule has 1 amide bonds. The third-order valence-electron chi connectivity index (χ3n) is 9.05. The number of nitrogens with one attached hydrogen (secondary N) is 1. The zero-order valence-corrected chi connectivity index (χ0v) is 20.7. The molecule has 0 bridgehead atoms. The van der Waals surface area contributed by atoms with Crippen molar-refractivity contribution < 1.29 is 23.1 Å². The lowest BCUT2D eigenvalue weighted by molar-refractivity contribution is 0.0938. The molecule has 3 fully saturated rings. The average Bonchev–Trinajstić information content (AvgIpc) is 3.19. The van der Waals surface area contributed by atoms with Gasteiger partial charge in [0, 0.05) is 17.3 Å². The van der Waals surface area contributed by atoms with Gasteiger partial charge in [-0.25, -0.2) is 22.7 Å². The van der Waals surface area contributed by atoms with Crippen LogP contribution in [0.15, 0.2) is 36.8 Å². The maximum Gasteiger partial charge on any atom is 0.266 e. The van der Waals surface area contributed by atoms with Gasteiger partial charge in [-0.05, 0) is 81.6 Å². The van der Waals surface area contributed by atoms with E-state index in [0.717, 1.165) is 62.2 Å². The summed E-state index contributed by atoms with van der Waals surface area (Å²) in [6.45, 7) is 1.57. The lowest BCUT2D eigenvalue weighted by Crippen LogP contribution is -2.28. The number of alkyl halides is 2. The molecule has 0 radical (unpaired) electrons. The largest absolute Gasteiger partial charge is 0.390 e. The van der Waals surface area contributed by atoms with E-state index in [0.29, 0.717) is 23.3 Å². The molecule has 9 heteroatoms. The minimum Gasteiger partial charge on any atom is -0.390 e. The number of hydrogen-bond donors (Lipinski definition) is 2. The highest BCUT2D eigenvalue weighted by atomic mass is 19.3. The van der Waals surface area contributed by atoms with Gasteiger partial charge in [0.15, 0.2) is 5.65 Å². The SMILES string of the molecule is C[C@@H](NC(=O)c1cc(C2CCC(C3CC4C[C@]4(O)C3)CC2)c2ncnn2c1)c1cccc(C(F)F)c1F. The van der Waals surface area contributed by atoms with E-state index in [1.165, 1.54) is 18.5 Å². The Morgan fingerprint density at radius 2 is 1.92 bits per heavy atom. The van der Waals surface area contributed by atoms with Gasteiger partial charge in [0.05, 0.1) is 22.8 Å². The third-order valence-corrected chi connectivity index (χ3v) is 9.05. The van der Waals surface area contributed by atoms with Crippen molar-refractivity contribution >= 4 is 11.6 Å². The van der Waals surface area contributed by atoms with Crippen molar-refractivity contribution in [3.05, 3.63) is 64.9 Å². The Kier molecular flexibility index (Phi) is 6.01. The number of carbonyl (C=O) groups excluding carboxylic acids is 1. The predicted octanol–water partition coefficient (Wildman–Crippen LogP) is 5.73. The minimum absolute atomic E-state index is 0.0146. The van der Waals surface area contributed by atoms with Gasteiger partial charge >= 0.3 is 0 Å². The first-order chi connectivity index (χ1) is 17.7. The predicted molar refractivity (Wildman–Crippen MR) is 131 cm³/mol. The quantitative estimate of drug-likeness (QED) is 0.442. The second-order valence-corrected chi connectivity index (χ2v) is 11.3. The summed E-state index contributed by atoms with van der Waals surface area (Å²) < 4.78 is 42.5. The summed E-state index contributed by atoms with van der Waals surface area (Å²) in [5.74, 6) is 0.567. The van der Waals surface area contributed by atoms with Crippen molar-refractivity contribution in [3.8, 4) is 0 Å². The van der Waals surface area contributed by atoms with E-state index in [2.05, 4.69) is 15.4 Å². The number of aromatic nitrogens is 3. The van der Waals surface area contributed by atoms with Crippen LogP contribution in [0.3, 0.4) is 0 Å². The normalized spacial score (nSPS) is 29.9. The summed E-state index contributed by atoms with van der Waals surface area (Å²) in [7, 11) is 0. The topological polar surface area (TPSA) is 79.5 Å².